The van der Waals surface area contributed by atoms with E-state index in [-0.39, 0.29) is 0 Å². The molecule has 0 unspecified atom stereocenters. The molecule has 1 aromatic heterocycles. The van der Waals surface area contributed by atoms with Crippen LogP contribution in [0.25, 0.3) is 10.9 Å². The van der Waals surface area contributed by atoms with E-state index in [1.807, 2.05) is 42.5 Å². The molecule has 3 aromatic rings. The van der Waals surface area contributed by atoms with E-state index in [2.05, 4.69) is 29.2 Å². The van der Waals surface area contributed by atoms with Gasteiger partial charge in [-0.05, 0) is 30.5 Å². The molecule has 0 saturated carbocycles. The molecule has 1 heterocycles. The second-order valence-corrected chi connectivity index (χ2v) is 5.52. The van der Waals surface area contributed by atoms with E-state index in [1.165, 1.54) is 5.56 Å². The van der Waals surface area contributed by atoms with Crippen molar-refractivity contribution in [2.75, 3.05) is 0 Å². The zero-order chi connectivity index (χ0) is 15.2. The van der Waals surface area contributed by atoms with Gasteiger partial charge in [0.15, 0.2) is 0 Å². The maximum atomic E-state index is 12.0. The predicted octanol–water partition coefficient (Wildman–Crippen LogP) is 4.37. The first-order valence-electron chi connectivity index (χ1n) is 7.71. The predicted molar refractivity (Wildman–Crippen MR) is 89.8 cm³/mol. The van der Waals surface area contributed by atoms with Crippen LogP contribution in [-0.4, -0.2) is 10.8 Å². The Hall–Kier alpha value is -2.48. The van der Waals surface area contributed by atoms with Crippen molar-refractivity contribution in [2.24, 2.45) is 0 Å². The highest BCUT2D eigenvalue weighted by molar-refractivity contribution is 5.80. The second-order valence-electron chi connectivity index (χ2n) is 5.52. The molecule has 22 heavy (non-hydrogen) atoms. The highest BCUT2D eigenvalue weighted by Crippen LogP contribution is 2.13. The van der Waals surface area contributed by atoms with Crippen LogP contribution in [0.2, 0.25) is 0 Å². The minimum Gasteiger partial charge on any atom is -0.300 e. The van der Waals surface area contributed by atoms with Gasteiger partial charge in [-0.25, -0.2) is 0 Å². The smallest absolute Gasteiger partial charge is 0.133 e. The van der Waals surface area contributed by atoms with Crippen molar-refractivity contribution in [3.05, 3.63) is 78.0 Å². The van der Waals surface area contributed by atoms with Crippen molar-refractivity contribution in [3.63, 3.8) is 0 Å². The Morgan fingerprint density at radius 3 is 2.36 bits per heavy atom. The van der Waals surface area contributed by atoms with Crippen LogP contribution < -0.4 is 0 Å². The minimum absolute atomic E-state index is 0.304. The summed E-state index contributed by atoms with van der Waals surface area (Å²) in [7, 11) is 0. The lowest BCUT2D eigenvalue weighted by molar-refractivity contribution is -0.119. The number of rotatable bonds is 6. The fourth-order valence-corrected chi connectivity index (χ4v) is 2.57. The van der Waals surface area contributed by atoms with Crippen molar-refractivity contribution in [2.45, 2.75) is 25.7 Å². The monoisotopic (exact) mass is 289 g/mol. The normalized spacial score (nSPS) is 10.7. The van der Waals surface area contributed by atoms with E-state index < -0.39 is 0 Å². The number of pyridine rings is 1. The molecule has 3 rings (SSSR count). The molecule has 0 aliphatic heterocycles. The molecule has 0 spiro atoms. The highest BCUT2D eigenvalue weighted by atomic mass is 16.1. The fraction of sp³-hybridized carbons (Fsp3) is 0.200. The maximum Gasteiger partial charge on any atom is 0.133 e. The zero-order valence-electron chi connectivity index (χ0n) is 12.5. The molecule has 2 heteroatoms. The van der Waals surface area contributed by atoms with E-state index in [4.69, 9.17) is 0 Å². The zero-order valence-corrected chi connectivity index (χ0v) is 12.5. The van der Waals surface area contributed by atoms with Gasteiger partial charge in [0, 0.05) is 23.9 Å². The van der Waals surface area contributed by atoms with Crippen molar-refractivity contribution >= 4 is 16.7 Å². The SMILES string of the molecule is O=C(CCc1ccccc1)CCc1ccc2ccccc2n1. The molecule has 0 radical (unpaired) electrons. The van der Waals surface area contributed by atoms with E-state index >= 15 is 0 Å². The van der Waals surface area contributed by atoms with Crippen LogP contribution >= 0.6 is 0 Å². The third-order valence-corrected chi connectivity index (χ3v) is 3.85. The Labute approximate surface area is 130 Å². The Balaban J connectivity index is 1.53. The quantitative estimate of drug-likeness (QED) is 0.674. The average Bonchev–Trinajstić information content (AvgIpc) is 2.59. The van der Waals surface area contributed by atoms with Gasteiger partial charge in [-0.1, -0.05) is 54.6 Å². The Bertz CT molecular complexity index is 765. The summed E-state index contributed by atoms with van der Waals surface area (Å²) in [6.07, 6.45) is 2.72. The molecule has 2 aromatic carbocycles. The summed E-state index contributed by atoms with van der Waals surface area (Å²) < 4.78 is 0. The maximum absolute atomic E-state index is 12.0. The first kappa shape index (κ1) is 14.5. The number of ketones is 1. The molecule has 0 fully saturated rings. The van der Waals surface area contributed by atoms with Crippen LogP contribution in [0.1, 0.15) is 24.1 Å². The van der Waals surface area contributed by atoms with Gasteiger partial charge in [-0.3, -0.25) is 9.78 Å². The molecule has 0 atom stereocenters. The third kappa shape index (κ3) is 3.79. The molecule has 0 N–H and O–H groups in total. The van der Waals surface area contributed by atoms with Gasteiger partial charge in [0.1, 0.15) is 5.78 Å². The second kappa shape index (κ2) is 6.99. The van der Waals surface area contributed by atoms with Gasteiger partial charge in [0.05, 0.1) is 5.52 Å². The summed E-state index contributed by atoms with van der Waals surface area (Å²) in [6.45, 7) is 0. The number of hydrogen-bond donors (Lipinski definition) is 0. The Morgan fingerprint density at radius 1 is 0.773 bits per heavy atom. The lowest BCUT2D eigenvalue weighted by Crippen LogP contribution is -2.03. The van der Waals surface area contributed by atoms with Crippen LogP contribution in [0.4, 0.5) is 0 Å². The third-order valence-electron chi connectivity index (χ3n) is 3.85. The number of hydrogen-bond acceptors (Lipinski definition) is 2. The number of carbonyl (C=O) groups is 1. The minimum atomic E-state index is 0.304. The summed E-state index contributed by atoms with van der Waals surface area (Å²) in [6, 6.07) is 22.3. The molecule has 0 bridgehead atoms. The van der Waals surface area contributed by atoms with Crippen LogP contribution in [0.3, 0.4) is 0 Å². The largest absolute Gasteiger partial charge is 0.300 e. The van der Waals surface area contributed by atoms with Gasteiger partial charge in [-0.2, -0.15) is 0 Å². The molecule has 0 amide bonds. The average molecular weight is 289 g/mol. The van der Waals surface area contributed by atoms with Crippen molar-refractivity contribution in [1.29, 1.82) is 0 Å². The molecule has 110 valence electrons. The number of Topliss-reactive ketones (excluding diaryl/α,β-unsaturated/α-hetero) is 1. The van der Waals surface area contributed by atoms with Crippen molar-refractivity contribution in [1.82, 2.24) is 4.98 Å². The van der Waals surface area contributed by atoms with Gasteiger partial charge < -0.3 is 0 Å². The van der Waals surface area contributed by atoms with E-state index in [0.29, 0.717) is 18.6 Å². The van der Waals surface area contributed by atoms with Gasteiger partial charge in [-0.15, -0.1) is 0 Å². The molecule has 0 aliphatic rings. The first-order chi connectivity index (χ1) is 10.8. The Morgan fingerprint density at radius 2 is 1.50 bits per heavy atom. The number of para-hydroxylation sites is 1. The highest BCUT2D eigenvalue weighted by Gasteiger charge is 2.05. The fourth-order valence-electron chi connectivity index (χ4n) is 2.57. The summed E-state index contributed by atoms with van der Waals surface area (Å²) >= 11 is 0. The van der Waals surface area contributed by atoms with Gasteiger partial charge >= 0.3 is 0 Å². The number of fused-ring (bicyclic) bond motifs is 1. The van der Waals surface area contributed by atoms with Crippen LogP contribution in [0.5, 0.6) is 0 Å². The number of carbonyl (C=O) groups excluding carboxylic acids is 1. The van der Waals surface area contributed by atoms with Crippen LogP contribution in [0, 0.1) is 0 Å². The molecule has 0 aliphatic carbocycles. The summed E-state index contributed by atoms with van der Waals surface area (Å²) in [4.78, 5) is 16.6. The number of aromatic nitrogens is 1. The van der Waals surface area contributed by atoms with E-state index in [1.54, 1.807) is 0 Å². The number of nitrogens with zero attached hydrogens (tertiary/aromatic N) is 1. The standard InChI is InChI=1S/C20H19NO/c22-19(14-10-16-6-2-1-3-7-16)15-13-18-12-11-17-8-4-5-9-20(17)21-18/h1-9,11-12H,10,13-15H2. The molecular weight excluding hydrogens is 270 g/mol. The lowest BCUT2D eigenvalue weighted by Gasteiger charge is -2.04. The Kier molecular flexibility index (Phi) is 4.59. The summed E-state index contributed by atoms with van der Waals surface area (Å²) in [5.41, 5.74) is 3.21. The van der Waals surface area contributed by atoms with Gasteiger partial charge in [0.25, 0.3) is 0 Å². The molecule has 0 saturated heterocycles. The molecular formula is C20H19NO. The van der Waals surface area contributed by atoms with Crippen molar-refractivity contribution < 1.29 is 4.79 Å². The van der Waals surface area contributed by atoms with Crippen LogP contribution in [-0.2, 0) is 17.6 Å². The molecule has 2 nitrogen and oxygen atoms in total. The topological polar surface area (TPSA) is 30.0 Å². The van der Waals surface area contributed by atoms with E-state index in [9.17, 15) is 4.79 Å². The summed E-state index contributed by atoms with van der Waals surface area (Å²) in [5, 5.41) is 1.14. The number of aryl methyl sites for hydroxylation is 2. The summed E-state index contributed by atoms with van der Waals surface area (Å²) in [5.74, 6) is 0.304. The van der Waals surface area contributed by atoms with E-state index in [0.717, 1.165) is 29.4 Å². The first-order valence-corrected chi connectivity index (χ1v) is 7.71. The van der Waals surface area contributed by atoms with Crippen LogP contribution in [0.15, 0.2) is 66.7 Å². The van der Waals surface area contributed by atoms with Crippen molar-refractivity contribution in [3.8, 4) is 0 Å². The lowest BCUT2D eigenvalue weighted by atomic mass is 10.0. The number of benzene rings is 2. The van der Waals surface area contributed by atoms with Gasteiger partial charge in [0.2, 0.25) is 0 Å².